The van der Waals surface area contributed by atoms with Gasteiger partial charge in [-0.3, -0.25) is 4.79 Å². The number of nitrogens with zero attached hydrogens (tertiary/aromatic N) is 3. The van der Waals surface area contributed by atoms with Gasteiger partial charge in [0, 0.05) is 31.1 Å². The van der Waals surface area contributed by atoms with Crippen LogP contribution in [0.5, 0.6) is 0 Å². The number of likely N-dealkylation sites (tertiary alicyclic amines) is 1. The van der Waals surface area contributed by atoms with Crippen molar-refractivity contribution in [1.29, 1.82) is 0 Å². The number of hydrogen-bond donors (Lipinski definition) is 2. The lowest BCUT2D eigenvalue weighted by molar-refractivity contribution is -0.137. The van der Waals surface area contributed by atoms with Gasteiger partial charge in [0.25, 0.3) is 0 Å². The van der Waals surface area contributed by atoms with Crippen LogP contribution in [0.2, 0.25) is 0 Å². The standard InChI is InChI=1S/C25H28F3N5O/c1-14(19-10-20(25(26,27)28)13-21(29)11-19)30-24-22-12-18(4-5-23(22)31-15(2)32-24)17-6-8-33(9-7-17)16(3)34/h4-5,10-14,17H,6-9,29H2,1-3H3,(H,30,31,32)/t14-/m1/s1. The molecule has 1 aromatic heterocycles. The zero-order valence-electron chi connectivity index (χ0n) is 19.4. The van der Waals surface area contributed by atoms with Gasteiger partial charge in [-0.05, 0) is 74.1 Å². The van der Waals surface area contributed by atoms with E-state index >= 15 is 0 Å². The highest BCUT2D eigenvalue weighted by Crippen LogP contribution is 2.35. The van der Waals surface area contributed by atoms with Crippen LogP contribution in [0.15, 0.2) is 36.4 Å². The van der Waals surface area contributed by atoms with Crippen molar-refractivity contribution >= 4 is 28.3 Å². The van der Waals surface area contributed by atoms with Gasteiger partial charge in [-0.2, -0.15) is 13.2 Å². The molecule has 9 heteroatoms. The summed E-state index contributed by atoms with van der Waals surface area (Å²) in [5, 5.41) is 4.08. The molecule has 180 valence electrons. The molecule has 34 heavy (non-hydrogen) atoms. The lowest BCUT2D eigenvalue weighted by Crippen LogP contribution is -2.36. The monoisotopic (exact) mass is 471 g/mol. The average Bonchev–Trinajstić information content (AvgIpc) is 2.77. The lowest BCUT2D eigenvalue weighted by Gasteiger charge is -2.31. The highest BCUT2D eigenvalue weighted by atomic mass is 19.4. The minimum atomic E-state index is -4.48. The van der Waals surface area contributed by atoms with E-state index in [1.54, 1.807) is 20.8 Å². The maximum atomic E-state index is 13.3. The van der Waals surface area contributed by atoms with E-state index in [0.717, 1.165) is 54.5 Å². The maximum Gasteiger partial charge on any atom is 0.416 e. The molecule has 1 saturated heterocycles. The third kappa shape index (κ3) is 5.08. The van der Waals surface area contributed by atoms with Crippen molar-refractivity contribution < 1.29 is 18.0 Å². The van der Waals surface area contributed by atoms with Gasteiger partial charge in [0.15, 0.2) is 0 Å². The molecule has 3 aromatic rings. The topological polar surface area (TPSA) is 84.1 Å². The molecule has 1 amide bonds. The van der Waals surface area contributed by atoms with Crippen molar-refractivity contribution in [1.82, 2.24) is 14.9 Å². The number of anilines is 2. The van der Waals surface area contributed by atoms with E-state index in [0.29, 0.717) is 23.1 Å². The Hall–Kier alpha value is -3.36. The summed E-state index contributed by atoms with van der Waals surface area (Å²) in [4.78, 5) is 22.6. The van der Waals surface area contributed by atoms with Crippen LogP contribution in [0.3, 0.4) is 0 Å². The van der Waals surface area contributed by atoms with Crippen LogP contribution in [0.1, 0.15) is 61.2 Å². The summed E-state index contributed by atoms with van der Waals surface area (Å²) in [7, 11) is 0. The largest absolute Gasteiger partial charge is 0.416 e. The van der Waals surface area contributed by atoms with Gasteiger partial charge in [0.2, 0.25) is 5.91 Å². The van der Waals surface area contributed by atoms with Crippen molar-refractivity contribution in [2.75, 3.05) is 24.1 Å². The number of aryl methyl sites for hydroxylation is 1. The zero-order chi connectivity index (χ0) is 24.6. The van der Waals surface area contributed by atoms with Crippen LogP contribution in [-0.4, -0.2) is 33.9 Å². The van der Waals surface area contributed by atoms with Gasteiger partial charge >= 0.3 is 6.18 Å². The summed E-state index contributed by atoms with van der Waals surface area (Å²) in [6.45, 7) is 6.60. The van der Waals surface area contributed by atoms with E-state index in [-0.39, 0.29) is 11.6 Å². The molecule has 1 fully saturated rings. The molecule has 0 radical (unpaired) electrons. The third-order valence-corrected chi connectivity index (χ3v) is 6.40. The van der Waals surface area contributed by atoms with Crippen molar-refractivity contribution in [3.63, 3.8) is 0 Å². The van der Waals surface area contributed by atoms with Crippen LogP contribution in [0.4, 0.5) is 24.7 Å². The van der Waals surface area contributed by atoms with Crippen LogP contribution in [0.25, 0.3) is 10.9 Å². The second-order valence-corrected chi connectivity index (χ2v) is 8.93. The summed E-state index contributed by atoms with van der Waals surface area (Å²) in [5.74, 6) is 1.54. The fourth-order valence-electron chi connectivity index (χ4n) is 4.53. The number of aromatic nitrogens is 2. The lowest BCUT2D eigenvalue weighted by atomic mass is 9.88. The summed E-state index contributed by atoms with van der Waals surface area (Å²) >= 11 is 0. The number of benzene rings is 2. The Morgan fingerprint density at radius 1 is 1.15 bits per heavy atom. The fraction of sp³-hybridized carbons (Fsp3) is 0.400. The van der Waals surface area contributed by atoms with Crippen molar-refractivity contribution in [2.45, 2.75) is 51.7 Å². The molecule has 0 aliphatic carbocycles. The first-order valence-corrected chi connectivity index (χ1v) is 11.3. The average molecular weight is 472 g/mol. The number of rotatable bonds is 4. The molecule has 0 saturated carbocycles. The predicted octanol–water partition coefficient (Wildman–Crippen LogP) is 5.44. The molecule has 0 spiro atoms. The van der Waals surface area contributed by atoms with Crippen molar-refractivity contribution in [3.05, 3.63) is 58.9 Å². The highest BCUT2D eigenvalue weighted by molar-refractivity contribution is 5.90. The minimum Gasteiger partial charge on any atom is -0.399 e. The molecule has 2 aromatic carbocycles. The van der Waals surface area contributed by atoms with Gasteiger partial charge < -0.3 is 16.0 Å². The number of halogens is 3. The van der Waals surface area contributed by atoms with Gasteiger partial charge in [-0.25, -0.2) is 9.97 Å². The Morgan fingerprint density at radius 3 is 2.50 bits per heavy atom. The molecule has 3 N–H and O–H groups in total. The second kappa shape index (κ2) is 9.12. The number of nitrogens with two attached hydrogens (primary N) is 1. The summed E-state index contributed by atoms with van der Waals surface area (Å²) in [6, 6.07) is 9.18. The second-order valence-electron chi connectivity index (χ2n) is 8.93. The van der Waals surface area contributed by atoms with E-state index in [1.807, 2.05) is 11.0 Å². The van der Waals surface area contributed by atoms with Crippen molar-refractivity contribution in [3.8, 4) is 0 Å². The Kier molecular flexibility index (Phi) is 6.38. The van der Waals surface area contributed by atoms with E-state index < -0.39 is 17.8 Å². The van der Waals surface area contributed by atoms with Crippen LogP contribution < -0.4 is 11.1 Å². The summed E-state index contributed by atoms with van der Waals surface area (Å²) in [5.41, 5.74) is 7.35. The van der Waals surface area contributed by atoms with E-state index in [4.69, 9.17) is 5.73 Å². The summed E-state index contributed by atoms with van der Waals surface area (Å²) in [6.07, 6.45) is -2.73. The smallest absolute Gasteiger partial charge is 0.399 e. The molecular formula is C25H28F3N5O. The molecule has 6 nitrogen and oxygen atoms in total. The molecule has 0 unspecified atom stereocenters. The number of hydrogen-bond acceptors (Lipinski definition) is 5. The SMILES string of the molecule is CC(=O)N1CCC(c2ccc3nc(C)nc(N[C@H](C)c4cc(N)cc(C(F)(F)F)c4)c3c2)CC1. The summed E-state index contributed by atoms with van der Waals surface area (Å²) < 4.78 is 39.8. The zero-order valence-corrected chi connectivity index (χ0v) is 19.4. The quantitative estimate of drug-likeness (QED) is 0.495. The van der Waals surface area contributed by atoms with Crippen LogP contribution in [-0.2, 0) is 11.0 Å². The number of alkyl halides is 3. The Bertz CT molecular complexity index is 1220. The Balaban J connectivity index is 1.64. The highest BCUT2D eigenvalue weighted by Gasteiger charge is 2.31. The van der Waals surface area contributed by atoms with Gasteiger partial charge in [0.05, 0.1) is 17.1 Å². The van der Waals surface area contributed by atoms with Gasteiger partial charge in [0.1, 0.15) is 11.6 Å². The number of piperidine rings is 1. The maximum absolute atomic E-state index is 13.3. The number of carbonyl (C=O) groups excluding carboxylic acids is 1. The molecule has 1 aliphatic rings. The third-order valence-electron chi connectivity index (χ3n) is 6.40. The molecule has 1 aliphatic heterocycles. The first-order chi connectivity index (χ1) is 16.0. The van der Waals surface area contributed by atoms with E-state index in [9.17, 15) is 18.0 Å². The molecule has 2 heterocycles. The van der Waals surface area contributed by atoms with E-state index in [2.05, 4.69) is 27.4 Å². The first-order valence-electron chi connectivity index (χ1n) is 11.3. The van der Waals surface area contributed by atoms with Crippen molar-refractivity contribution in [2.24, 2.45) is 0 Å². The number of amides is 1. The number of carbonyl (C=O) groups is 1. The fourth-order valence-corrected chi connectivity index (χ4v) is 4.53. The molecule has 4 rings (SSSR count). The molecule has 1 atom stereocenters. The minimum absolute atomic E-state index is 0.0568. The van der Waals surface area contributed by atoms with Gasteiger partial charge in [-0.15, -0.1) is 0 Å². The number of fused-ring (bicyclic) bond motifs is 1. The normalized spacial score (nSPS) is 16.0. The number of nitrogen functional groups attached to an aromatic ring is 1. The van der Waals surface area contributed by atoms with Gasteiger partial charge in [-0.1, -0.05) is 6.07 Å². The van der Waals surface area contributed by atoms with Crippen LogP contribution in [0, 0.1) is 6.92 Å². The van der Waals surface area contributed by atoms with Crippen LogP contribution >= 0.6 is 0 Å². The molecule has 0 bridgehead atoms. The first kappa shape index (κ1) is 23.8. The molecular weight excluding hydrogens is 443 g/mol. The van der Waals surface area contributed by atoms with E-state index in [1.165, 1.54) is 6.07 Å². The Labute approximate surface area is 196 Å². The Morgan fingerprint density at radius 2 is 1.85 bits per heavy atom. The predicted molar refractivity (Wildman–Crippen MR) is 126 cm³/mol. The number of nitrogens with one attached hydrogen (secondary N) is 1.